The van der Waals surface area contributed by atoms with Crippen LogP contribution in [0.5, 0.6) is 11.5 Å². The molecule has 0 saturated heterocycles. The number of methoxy groups -OCH3 is 2. The lowest BCUT2D eigenvalue weighted by Crippen LogP contribution is -2.23. The van der Waals surface area contributed by atoms with Gasteiger partial charge in [-0.25, -0.2) is 4.39 Å². The van der Waals surface area contributed by atoms with Crippen LogP contribution in [0.15, 0.2) is 60.8 Å². The van der Waals surface area contributed by atoms with Crippen molar-refractivity contribution in [1.29, 1.82) is 0 Å². The van der Waals surface area contributed by atoms with Gasteiger partial charge in [0.25, 0.3) is 5.91 Å². The van der Waals surface area contributed by atoms with Crippen LogP contribution in [0.25, 0.3) is 11.3 Å². The van der Waals surface area contributed by atoms with E-state index >= 15 is 0 Å². The molecule has 0 saturated carbocycles. The lowest BCUT2D eigenvalue weighted by molar-refractivity contribution is 0.0950. The first-order valence-corrected chi connectivity index (χ1v) is 8.32. The van der Waals surface area contributed by atoms with Crippen molar-refractivity contribution in [3.05, 3.63) is 77.7 Å². The van der Waals surface area contributed by atoms with E-state index in [9.17, 15) is 9.18 Å². The molecule has 1 amide bonds. The minimum Gasteiger partial charge on any atom is -0.497 e. The lowest BCUT2D eigenvalue weighted by atomic mass is 10.1. The Kier molecular flexibility index (Phi) is 5.66. The van der Waals surface area contributed by atoms with Crippen LogP contribution in [-0.2, 0) is 6.54 Å². The molecular weight excluding hydrogens is 347 g/mol. The highest BCUT2D eigenvalue weighted by Crippen LogP contribution is 2.24. The number of rotatable bonds is 6. The molecule has 0 aliphatic rings. The third-order valence-electron chi connectivity index (χ3n) is 4.08. The number of hydrogen-bond acceptors (Lipinski definition) is 4. The smallest absolute Gasteiger partial charge is 0.253 e. The minimum absolute atomic E-state index is 0.258. The molecule has 1 aromatic heterocycles. The molecule has 0 aliphatic carbocycles. The second kappa shape index (κ2) is 8.31. The van der Waals surface area contributed by atoms with Gasteiger partial charge in [0, 0.05) is 29.9 Å². The van der Waals surface area contributed by atoms with Gasteiger partial charge in [0.05, 0.1) is 25.5 Å². The van der Waals surface area contributed by atoms with E-state index in [0.717, 1.165) is 5.56 Å². The molecule has 0 atom stereocenters. The number of benzene rings is 2. The summed E-state index contributed by atoms with van der Waals surface area (Å²) >= 11 is 0. The van der Waals surface area contributed by atoms with Gasteiger partial charge in [-0.3, -0.25) is 9.78 Å². The van der Waals surface area contributed by atoms with E-state index in [4.69, 9.17) is 9.47 Å². The summed E-state index contributed by atoms with van der Waals surface area (Å²) in [7, 11) is 3.14. The Morgan fingerprint density at radius 2 is 1.93 bits per heavy atom. The maximum atomic E-state index is 13.3. The van der Waals surface area contributed by atoms with Crippen LogP contribution in [0.2, 0.25) is 0 Å². The van der Waals surface area contributed by atoms with Crippen LogP contribution in [0.1, 0.15) is 15.9 Å². The lowest BCUT2D eigenvalue weighted by Gasteiger charge is -2.11. The first-order chi connectivity index (χ1) is 13.1. The molecule has 6 heteroatoms. The highest BCUT2D eigenvalue weighted by molar-refractivity contribution is 5.94. The highest BCUT2D eigenvalue weighted by atomic mass is 19.1. The second-order valence-corrected chi connectivity index (χ2v) is 5.80. The number of aromatic nitrogens is 1. The normalized spacial score (nSPS) is 10.3. The predicted molar refractivity (Wildman–Crippen MR) is 100 cm³/mol. The average molecular weight is 366 g/mol. The summed E-state index contributed by atoms with van der Waals surface area (Å²) in [5.74, 6) is 0.726. The Hall–Kier alpha value is -3.41. The van der Waals surface area contributed by atoms with E-state index in [1.54, 1.807) is 50.6 Å². The number of pyridine rings is 1. The molecule has 27 heavy (non-hydrogen) atoms. The van der Waals surface area contributed by atoms with Crippen molar-refractivity contribution in [2.75, 3.05) is 14.2 Å². The van der Waals surface area contributed by atoms with Crippen LogP contribution in [0, 0.1) is 5.82 Å². The maximum absolute atomic E-state index is 13.3. The van der Waals surface area contributed by atoms with Gasteiger partial charge in [0.2, 0.25) is 0 Å². The van der Waals surface area contributed by atoms with Gasteiger partial charge in [0.15, 0.2) is 0 Å². The summed E-state index contributed by atoms with van der Waals surface area (Å²) in [5.41, 5.74) is 2.51. The maximum Gasteiger partial charge on any atom is 0.253 e. The van der Waals surface area contributed by atoms with Crippen molar-refractivity contribution in [2.45, 2.75) is 6.54 Å². The van der Waals surface area contributed by atoms with E-state index in [-0.39, 0.29) is 11.7 Å². The Morgan fingerprint density at radius 1 is 1.07 bits per heavy atom. The fourth-order valence-corrected chi connectivity index (χ4v) is 2.62. The van der Waals surface area contributed by atoms with Crippen molar-refractivity contribution >= 4 is 5.91 Å². The molecule has 0 spiro atoms. The van der Waals surface area contributed by atoms with Gasteiger partial charge in [-0.2, -0.15) is 0 Å². The standard InChI is InChI=1S/C21H19FN2O3/c1-26-18-8-6-15(20(11-18)27-2)12-24-21(25)16-7-9-19(23-13-16)14-4-3-5-17(22)10-14/h3-11,13H,12H2,1-2H3,(H,24,25). The number of nitrogens with one attached hydrogen (secondary N) is 1. The quantitative estimate of drug-likeness (QED) is 0.720. The van der Waals surface area contributed by atoms with Gasteiger partial charge >= 0.3 is 0 Å². The number of halogens is 1. The first kappa shape index (κ1) is 18.4. The number of carbonyl (C=O) groups is 1. The molecule has 1 N–H and O–H groups in total. The molecule has 0 fully saturated rings. The van der Waals surface area contributed by atoms with Crippen molar-refractivity contribution < 1.29 is 18.7 Å². The third kappa shape index (κ3) is 4.41. The summed E-state index contributed by atoms with van der Waals surface area (Å²) < 4.78 is 23.8. The molecule has 0 unspecified atom stereocenters. The molecule has 5 nitrogen and oxygen atoms in total. The molecule has 3 rings (SSSR count). The molecule has 2 aromatic carbocycles. The largest absolute Gasteiger partial charge is 0.497 e. The number of ether oxygens (including phenoxy) is 2. The Labute approximate surface area is 156 Å². The fraction of sp³-hybridized carbons (Fsp3) is 0.143. The SMILES string of the molecule is COc1ccc(CNC(=O)c2ccc(-c3cccc(F)c3)nc2)c(OC)c1. The number of hydrogen-bond donors (Lipinski definition) is 1. The topological polar surface area (TPSA) is 60.5 Å². The Bertz CT molecular complexity index is 942. The summed E-state index contributed by atoms with van der Waals surface area (Å²) in [6, 6.07) is 14.9. The molecule has 0 aliphatic heterocycles. The van der Waals surface area contributed by atoms with E-state index in [1.807, 2.05) is 6.07 Å². The second-order valence-electron chi connectivity index (χ2n) is 5.80. The third-order valence-corrected chi connectivity index (χ3v) is 4.08. The predicted octanol–water partition coefficient (Wildman–Crippen LogP) is 3.83. The minimum atomic E-state index is -0.329. The zero-order valence-corrected chi connectivity index (χ0v) is 15.0. The zero-order valence-electron chi connectivity index (χ0n) is 15.0. The van der Waals surface area contributed by atoms with E-state index in [2.05, 4.69) is 10.3 Å². The number of nitrogens with zero attached hydrogens (tertiary/aromatic N) is 1. The summed E-state index contributed by atoms with van der Waals surface area (Å²) in [6.45, 7) is 0.303. The summed E-state index contributed by atoms with van der Waals surface area (Å²) in [5, 5.41) is 2.84. The molecule has 0 radical (unpaired) electrons. The zero-order chi connectivity index (χ0) is 19.2. The van der Waals surface area contributed by atoms with Crippen molar-refractivity contribution in [2.24, 2.45) is 0 Å². The number of amides is 1. The average Bonchev–Trinajstić information content (AvgIpc) is 2.72. The highest BCUT2D eigenvalue weighted by Gasteiger charge is 2.10. The van der Waals surface area contributed by atoms with Crippen LogP contribution in [0.4, 0.5) is 4.39 Å². The van der Waals surface area contributed by atoms with Gasteiger partial charge in [-0.1, -0.05) is 12.1 Å². The van der Waals surface area contributed by atoms with Crippen molar-refractivity contribution in [1.82, 2.24) is 10.3 Å². The summed E-state index contributed by atoms with van der Waals surface area (Å²) in [4.78, 5) is 16.6. The van der Waals surface area contributed by atoms with E-state index in [1.165, 1.54) is 18.3 Å². The molecule has 1 heterocycles. The fourth-order valence-electron chi connectivity index (χ4n) is 2.62. The van der Waals surface area contributed by atoms with Crippen LogP contribution < -0.4 is 14.8 Å². The van der Waals surface area contributed by atoms with Crippen LogP contribution in [-0.4, -0.2) is 25.1 Å². The molecule has 3 aromatic rings. The monoisotopic (exact) mass is 366 g/mol. The van der Waals surface area contributed by atoms with Gasteiger partial charge < -0.3 is 14.8 Å². The van der Waals surface area contributed by atoms with Crippen molar-refractivity contribution in [3.63, 3.8) is 0 Å². The van der Waals surface area contributed by atoms with Crippen LogP contribution >= 0.6 is 0 Å². The Morgan fingerprint density at radius 3 is 2.59 bits per heavy atom. The van der Waals surface area contributed by atoms with Crippen molar-refractivity contribution in [3.8, 4) is 22.8 Å². The van der Waals surface area contributed by atoms with Gasteiger partial charge in [0.1, 0.15) is 17.3 Å². The van der Waals surface area contributed by atoms with E-state index in [0.29, 0.717) is 34.9 Å². The molecular formula is C21H19FN2O3. The molecule has 0 bridgehead atoms. The number of carbonyl (C=O) groups excluding carboxylic acids is 1. The first-order valence-electron chi connectivity index (χ1n) is 8.32. The van der Waals surface area contributed by atoms with Gasteiger partial charge in [-0.05, 0) is 36.4 Å². The van der Waals surface area contributed by atoms with E-state index < -0.39 is 0 Å². The molecule has 138 valence electrons. The Balaban J connectivity index is 1.68. The summed E-state index contributed by atoms with van der Waals surface area (Å²) in [6.07, 6.45) is 1.47. The van der Waals surface area contributed by atoms with Gasteiger partial charge in [-0.15, -0.1) is 0 Å². The van der Waals surface area contributed by atoms with Crippen LogP contribution in [0.3, 0.4) is 0 Å².